The Hall–Kier alpha value is -3.00. The largest absolute Gasteiger partial charge is 0.490 e. The molecule has 10 heteroatoms. The van der Waals surface area contributed by atoms with E-state index in [0.29, 0.717) is 41.4 Å². The van der Waals surface area contributed by atoms with E-state index < -0.39 is 10.9 Å². The molecular formula is C26H20I2N2O6. The Balaban J connectivity index is 1.64. The summed E-state index contributed by atoms with van der Waals surface area (Å²) in [6, 6.07) is 16.2. The zero-order valence-corrected chi connectivity index (χ0v) is 23.6. The molecule has 8 nitrogen and oxygen atoms in total. The van der Waals surface area contributed by atoms with Crippen molar-refractivity contribution in [1.29, 1.82) is 0 Å². The third-order valence-corrected chi connectivity index (χ3v) is 6.73. The van der Waals surface area contributed by atoms with Crippen LogP contribution in [0.2, 0.25) is 0 Å². The first-order valence-electron chi connectivity index (χ1n) is 10.9. The Morgan fingerprint density at radius 1 is 1.11 bits per heavy atom. The van der Waals surface area contributed by atoms with Crippen LogP contribution < -0.4 is 9.47 Å². The maximum atomic E-state index is 12.5. The molecular weight excluding hydrogens is 690 g/mol. The van der Waals surface area contributed by atoms with E-state index in [4.69, 9.17) is 14.2 Å². The Kier molecular flexibility index (Phi) is 8.24. The van der Waals surface area contributed by atoms with Gasteiger partial charge < -0.3 is 14.2 Å². The van der Waals surface area contributed by atoms with Gasteiger partial charge in [-0.05, 0) is 107 Å². The lowest BCUT2D eigenvalue weighted by molar-refractivity contribution is -0.385. The molecule has 0 spiro atoms. The van der Waals surface area contributed by atoms with Gasteiger partial charge in [-0.25, -0.2) is 9.79 Å². The van der Waals surface area contributed by atoms with Crippen LogP contribution in [0.3, 0.4) is 0 Å². The third-order valence-electron chi connectivity index (χ3n) is 5.26. The molecule has 36 heavy (non-hydrogen) atoms. The van der Waals surface area contributed by atoms with Crippen LogP contribution in [0, 0.1) is 24.2 Å². The molecule has 0 unspecified atom stereocenters. The van der Waals surface area contributed by atoms with Gasteiger partial charge in [-0.1, -0.05) is 18.2 Å². The van der Waals surface area contributed by atoms with Crippen LogP contribution in [-0.2, 0) is 16.1 Å². The summed E-state index contributed by atoms with van der Waals surface area (Å²) in [5.41, 5.74) is 2.50. The van der Waals surface area contributed by atoms with Crippen molar-refractivity contribution in [3.8, 4) is 11.5 Å². The molecule has 0 saturated heterocycles. The minimum atomic E-state index is -0.636. The number of carbonyl (C=O) groups is 1. The van der Waals surface area contributed by atoms with E-state index >= 15 is 0 Å². The molecule has 0 N–H and O–H groups in total. The van der Waals surface area contributed by atoms with Crippen LogP contribution in [0.1, 0.15) is 29.2 Å². The van der Waals surface area contributed by atoms with Gasteiger partial charge in [0.25, 0.3) is 5.69 Å². The van der Waals surface area contributed by atoms with Gasteiger partial charge in [0.2, 0.25) is 5.90 Å². The molecule has 0 radical (unpaired) electrons. The molecule has 1 aliphatic heterocycles. The first-order chi connectivity index (χ1) is 17.3. The van der Waals surface area contributed by atoms with Crippen molar-refractivity contribution in [1.82, 2.24) is 0 Å². The van der Waals surface area contributed by atoms with Crippen molar-refractivity contribution in [2.45, 2.75) is 20.5 Å². The number of nitrogens with zero attached hydrogens (tertiary/aromatic N) is 2. The number of halogens is 2. The number of hydrogen-bond donors (Lipinski definition) is 0. The Bertz CT molecular complexity index is 1420. The fourth-order valence-electron chi connectivity index (χ4n) is 3.59. The van der Waals surface area contributed by atoms with E-state index in [1.54, 1.807) is 25.1 Å². The van der Waals surface area contributed by atoms with Gasteiger partial charge >= 0.3 is 5.97 Å². The molecule has 4 rings (SSSR count). The predicted octanol–water partition coefficient (Wildman–Crippen LogP) is 6.43. The number of hydrogen-bond acceptors (Lipinski definition) is 7. The van der Waals surface area contributed by atoms with Crippen molar-refractivity contribution in [3.05, 3.63) is 99.8 Å². The Morgan fingerprint density at radius 2 is 1.89 bits per heavy atom. The maximum absolute atomic E-state index is 12.5. The molecule has 0 saturated carbocycles. The second kappa shape index (κ2) is 11.4. The van der Waals surface area contributed by atoms with E-state index in [2.05, 4.69) is 56.2 Å². The van der Waals surface area contributed by atoms with Crippen LogP contribution in [0.5, 0.6) is 11.5 Å². The van der Waals surface area contributed by atoms with Crippen LogP contribution in [0.15, 0.2) is 65.3 Å². The lowest BCUT2D eigenvalue weighted by Gasteiger charge is -2.15. The van der Waals surface area contributed by atoms with E-state index in [1.807, 2.05) is 31.2 Å². The molecule has 0 amide bonds. The molecule has 3 aromatic carbocycles. The summed E-state index contributed by atoms with van der Waals surface area (Å²) < 4.78 is 19.2. The lowest BCUT2D eigenvalue weighted by atomic mass is 10.1. The SMILES string of the molecule is CCOc1cc(/C=C2\N=C(c3cccc([N+](=O)[O-])c3C)OC2=O)cc(I)c1OCc1cccc(I)c1. The van der Waals surface area contributed by atoms with Crippen molar-refractivity contribution in [3.63, 3.8) is 0 Å². The predicted molar refractivity (Wildman–Crippen MR) is 152 cm³/mol. The van der Waals surface area contributed by atoms with Crippen molar-refractivity contribution < 1.29 is 23.9 Å². The number of ether oxygens (including phenoxy) is 3. The summed E-state index contributed by atoms with van der Waals surface area (Å²) in [5, 5.41) is 11.3. The number of rotatable bonds is 8. The van der Waals surface area contributed by atoms with Crippen molar-refractivity contribution in [2.75, 3.05) is 6.61 Å². The van der Waals surface area contributed by atoms with E-state index in [1.165, 1.54) is 12.1 Å². The zero-order valence-electron chi connectivity index (χ0n) is 19.3. The minimum Gasteiger partial charge on any atom is -0.490 e. The summed E-state index contributed by atoms with van der Waals surface area (Å²) in [4.78, 5) is 27.6. The summed E-state index contributed by atoms with van der Waals surface area (Å²) in [6.45, 7) is 4.30. The maximum Gasteiger partial charge on any atom is 0.363 e. The van der Waals surface area contributed by atoms with Gasteiger partial charge in [-0.3, -0.25) is 10.1 Å². The standard InChI is InChI=1S/C26H20I2N2O6/c1-3-34-23-13-17(11-20(28)24(23)35-14-16-6-4-7-18(27)10-16)12-21-26(31)36-25(29-21)19-8-5-9-22(15(19)2)30(32)33/h4-13H,3,14H2,1-2H3/b21-12-. The highest BCUT2D eigenvalue weighted by molar-refractivity contribution is 14.1. The summed E-state index contributed by atoms with van der Waals surface area (Å²) in [7, 11) is 0. The Labute approximate surface area is 234 Å². The topological polar surface area (TPSA) is 100 Å². The van der Waals surface area contributed by atoms with Gasteiger partial charge in [-0.15, -0.1) is 0 Å². The van der Waals surface area contributed by atoms with Crippen LogP contribution in [-0.4, -0.2) is 23.4 Å². The molecule has 0 atom stereocenters. The molecule has 1 heterocycles. The van der Waals surface area contributed by atoms with E-state index in [9.17, 15) is 14.9 Å². The molecule has 0 aromatic heterocycles. The monoisotopic (exact) mass is 710 g/mol. The van der Waals surface area contributed by atoms with Crippen molar-refractivity contribution in [2.24, 2.45) is 4.99 Å². The zero-order chi connectivity index (χ0) is 25.8. The van der Waals surface area contributed by atoms with Crippen LogP contribution in [0.4, 0.5) is 5.69 Å². The average Bonchev–Trinajstić information content (AvgIpc) is 3.18. The summed E-state index contributed by atoms with van der Waals surface area (Å²) in [6.07, 6.45) is 1.59. The molecule has 0 aliphatic carbocycles. The number of cyclic esters (lactones) is 1. The third kappa shape index (κ3) is 5.86. The van der Waals surface area contributed by atoms with Crippen molar-refractivity contribution >= 4 is 68.8 Å². The van der Waals surface area contributed by atoms with Crippen LogP contribution in [0.25, 0.3) is 6.08 Å². The number of nitro benzene ring substituents is 1. The highest BCUT2D eigenvalue weighted by Gasteiger charge is 2.27. The molecule has 0 bridgehead atoms. The number of benzene rings is 3. The number of esters is 1. The van der Waals surface area contributed by atoms with Gasteiger partial charge in [0.05, 0.1) is 15.1 Å². The Morgan fingerprint density at radius 3 is 2.61 bits per heavy atom. The van der Waals surface area contributed by atoms with Gasteiger partial charge in [0, 0.05) is 20.8 Å². The molecule has 1 aliphatic rings. The average molecular weight is 710 g/mol. The first-order valence-corrected chi connectivity index (χ1v) is 13.0. The molecule has 0 fully saturated rings. The van der Waals surface area contributed by atoms with Gasteiger partial charge in [-0.2, -0.15) is 0 Å². The van der Waals surface area contributed by atoms with E-state index in [-0.39, 0.29) is 17.3 Å². The second-order valence-electron chi connectivity index (χ2n) is 7.72. The number of carbonyl (C=O) groups excluding carboxylic acids is 1. The quantitative estimate of drug-likeness (QED) is 0.0879. The number of nitro groups is 1. The summed E-state index contributed by atoms with van der Waals surface area (Å²) in [5.74, 6) is 0.559. The summed E-state index contributed by atoms with van der Waals surface area (Å²) >= 11 is 4.43. The lowest BCUT2D eigenvalue weighted by Crippen LogP contribution is -2.08. The fourth-order valence-corrected chi connectivity index (χ4v) is 4.98. The van der Waals surface area contributed by atoms with Gasteiger partial charge in [0.15, 0.2) is 17.2 Å². The van der Waals surface area contributed by atoms with E-state index in [0.717, 1.165) is 12.7 Å². The van der Waals surface area contributed by atoms with Gasteiger partial charge in [0.1, 0.15) is 6.61 Å². The van der Waals surface area contributed by atoms with Crippen LogP contribution >= 0.6 is 45.2 Å². The highest BCUT2D eigenvalue weighted by atomic mass is 127. The smallest absolute Gasteiger partial charge is 0.363 e. The first kappa shape index (κ1) is 26.1. The number of aliphatic imine (C=N–C) groups is 1. The normalized spacial score (nSPS) is 13.9. The molecule has 3 aromatic rings. The highest BCUT2D eigenvalue weighted by Crippen LogP contribution is 2.36. The molecule has 184 valence electrons. The second-order valence-corrected chi connectivity index (χ2v) is 10.1. The minimum absolute atomic E-state index is 0.0321. The fraction of sp³-hybridized carbons (Fsp3) is 0.154.